The van der Waals surface area contributed by atoms with Crippen molar-refractivity contribution in [3.8, 4) is 0 Å². The molecule has 0 amide bonds. The Hall–Kier alpha value is -0.423. The van der Waals surface area contributed by atoms with Gasteiger partial charge in [-0.15, -0.1) is 0 Å². The Morgan fingerprint density at radius 2 is 1.73 bits per heavy atom. The first-order valence-corrected chi connectivity index (χ1v) is 5.00. The van der Waals surface area contributed by atoms with Crippen LogP contribution in [0.5, 0.6) is 0 Å². The molecule has 0 unspecified atom stereocenters. The van der Waals surface area contributed by atoms with Gasteiger partial charge in [-0.25, -0.2) is 0 Å². The molecule has 4 nitrogen and oxygen atoms in total. The minimum Gasteiger partial charge on any atom is -0.511 e. The van der Waals surface area contributed by atoms with Crippen molar-refractivity contribution in [3.05, 3.63) is 0 Å². The summed E-state index contributed by atoms with van der Waals surface area (Å²) in [7, 11) is -2.81. The molecule has 2 N–H and O–H groups in total. The molecule has 0 saturated heterocycles. The topological polar surface area (TPSA) is 66.8 Å². The first kappa shape index (κ1) is 10.6. The van der Waals surface area contributed by atoms with Gasteiger partial charge in [0.05, 0.1) is 13.2 Å². The van der Waals surface area contributed by atoms with Crippen LogP contribution >= 0.6 is 0 Å². The van der Waals surface area contributed by atoms with E-state index in [0.29, 0.717) is 0 Å². The summed E-state index contributed by atoms with van der Waals surface area (Å²) in [5, 5.41) is 7.96. The second kappa shape index (κ2) is 7.68. The zero-order valence-corrected chi connectivity index (χ0v) is 7.45. The number of aliphatic hydroxyl groups excluding tert-OH is 1. The van der Waals surface area contributed by atoms with Crippen LogP contribution in [0.3, 0.4) is 0 Å². The van der Waals surface area contributed by atoms with Gasteiger partial charge >= 0.3 is 9.17 Å². The van der Waals surface area contributed by atoms with Crippen molar-refractivity contribution in [2.45, 2.75) is 25.7 Å². The van der Waals surface area contributed by atoms with Gasteiger partial charge in [0.1, 0.15) is 0 Å². The van der Waals surface area contributed by atoms with E-state index in [1.807, 2.05) is 0 Å². The molecular formula is C6H14O4Si. The lowest BCUT2D eigenvalue weighted by Gasteiger charge is -2.05. The molecule has 11 heavy (non-hydrogen) atoms. The molecule has 0 aromatic rings. The molecule has 5 heteroatoms. The number of rotatable bonds is 3. The molecule has 0 aliphatic heterocycles. The average Bonchev–Trinajstić information content (AvgIpc) is 1.79. The molecule has 0 aromatic heterocycles. The van der Waals surface area contributed by atoms with E-state index in [-0.39, 0.29) is 13.2 Å². The predicted octanol–water partition coefficient (Wildman–Crippen LogP) is -0.0366. The van der Waals surface area contributed by atoms with Gasteiger partial charge in [-0.05, 0) is 0 Å². The van der Waals surface area contributed by atoms with Gasteiger partial charge in [0, 0.05) is 0 Å². The van der Waals surface area contributed by atoms with E-state index in [9.17, 15) is 4.46 Å². The molecule has 1 saturated carbocycles. The van der Waals surface area contributed by atoms with Gasteiger partial charge in [-0.2, -0.15) is 0 Å². The van der Waals surface area contributed by atoms with Gasteiger partial charge in [0.2, 0.25) is 0 Å². The summed E-state index contributed by atoms with van der Waals surface area (Å²) in [6.45, 7) is -0.273. The second-order valence-corrected chi connectivity index (χ2v) is 3.07. The maximum absolute atomic E-state index is 9.61. The van der Waals surface area contributed by atoms with Crippen LogP contribution in [-0.2, 0) is 8.89 Å². The van der Waals surface area contributed by atoms with E-state index in [2.05, 4.69) is 4.43 Å². The van der Waals surface area contributed by atoms with Crippen LogP contribution in [-0.4, -0.2) is 32.3 Å². The van der Waals surface area contributed by atoms with Crippen LogP contribution in [0.25, 0.3) is 0 Å². The Morgan fingerprint density at radius 3 is 1.82 bits per heavy atom. The van der Waals surface area contributed by atoms with E-state index < -0.39 is 9.17 Å². The Morgan fingerprint density at radius 1 is 1.27 bits per heavy atom. The maximum atomic E-state index is 9.61. The third kappa shape index (κ3) is 9.58. The van der Waals surface area contributed by atoms with Crippen molar-refractivity contribution >= 4 is 9.17 Å². The highest BCUT2D eigenvalue weighted by Gasteiger charge is 1.99. The molecule has 0 bridgehead atoms. The highest BCUT2D eigenvalue weighted by molar-refractivity contribution is 6.24. The number of aliphatic hydroxyl groups is 1. The Balaban J connectivity index is 0.000000207. The summed E-state index contributed by atoms with van der Waals surface area (Å²) < 4.78 is 13.7. The lowest BCUT2D eigenvalue weighted by atomic mass is 10.0. The summed E-state index contributed by atoms with van der Waals surface area (Å²) >= 11 is 0. The minimum atomic E-state index is -2.81. The third-order valence-electron chi connectivity index (χ3n) is 1.32. The molecular weight excluding hydrogens is 164 g/mol. The first-order valence-electron chi connectivity index (χ1n) is 3.74. The Bertz CT molecular complexity index is 98.8. The molecule has 1 aliphatic carbocycles. The van der Waals surface area contributed by atoms with Gasteiger partial charge in [-0.1, -0.05) is 25.7 Å². The molecule has 1 rings (SSSR count). The maximum Gasteiger partial charge on any atom is 0.764 e. The van der Waals surface area contributed by atoms with Gasteiger partial charge < -0.3 is 14.3 Å². The number of hydrogen-bond donors (Lipinski definition) is 2. The van der Waals surface area contributed by atoms with Crippen LogP contribution in [0.1, 0.15) is 25.7 Å². The highest BCUT2D eigenvalue weighted by atomic mass is 28.3. The van der Waals surface area contributed by atoms with Gasteiger partial charge in [-0.3, -0.25) is 4.46 Å². The van der Waals surface area contributed by atoms with E-state index in [4.69, 9.17) is 9.90 Å². The lowest BCUT2D eigenvalue weighted by molar-refractivity contribution is 0.163. The van der Waals surface area contributed by atoms with Gasteiger partial charge in [0.25, 0.3) is 0 Å². The van der Waals surface area contributed by atoms with Crippen molar-refractivity contribution < 1.29 is 18.8 Å². The van der Waals surface area contributed by atoms with Crippen molar-refractivity contribution in [2.24, 2.45) is 0 Å². The SMILES string of the molecule is C1CCC1.O=[Si](O)OCCO. The van der Waals surface area contributed by atoms with Crippen molar-refractivity contribution in [2.75, 3.05) is 13.2 Å². The molecule has 1 fully saturated rings. The smallest absolute Gasteiger partial charge is 0.511 e. The van der Waals surface area contributed by atoms with E-state index in [1.54, 1.807) is 0 Å². The summed E-state index contributed by atoms with van der Waals surface area (Å²) in [5.41, 5.74) is 0. The molecule has 1 aliphatic rings. The van der Waals surface area contributed by atoms with E-state index >= 15 is 0 Å². The normalized spacial score (nSPS) is 13.9. The zero-order valence-electron chi connectivity index (χ0n) is 6.45. The van der Waals surface area contributed by atoms with Crippen LogP contribution in [0.2, 0.25) is 0 Å². The quantitative estimate of drug-likeness (QED) is 0.595. The lowest BCUT2D eigenvalue weighted by Crippen LogP contribution is -2.08. The number of hydrogen-bond acceptors (Lipinski definition) is 3. The second-order valence-electron chi connectivity index (χ2n) is 2.25. The largest absolute Gasteiger partial charge is 0.764 e. The van der Waals surface area contributed by atoms with Crippen LogP contribution in [0.4, 0.5) is 0 Å². The monoisotopic (exact) mass is 178 g/mol. The molecule has 0 heterocycles. The first-order chi connectivity index (χ1) is 5.27. The Labute approximate surface area is 67.7 Å². The summed E-state index contributed by atoms with van der Waals surface area (Å²) in [4.78, 5) is 7.90. The van der Waals surface area contributed by atoms with Crippen LogP contribution in [0.15, 0.2) is 0 Å². The molecule has 66 valence electrons. The van der Waals surface area contributed by atoms with Crippen molar-refractivity contribution in [1.82, 2.24) is 0 Å². The minimum absolute atomic E-state index is 0.0612. The van der Waals surface area contributed by atoms with Crippen molar-refractivity contribution in [3.63, 3.8) is 0 Å². The third-order valence-corrected chi connectivity index (χ3v) is 1.77. The summed E-state index contributed by atoms with van der Waals surface area (Å²) in [5.74, 6) is 0. The fraction of sp³-hybridized carbons (Fsp3) is 1.00. The standard InChI is InChI=1S/C4H8.C2H6O4Si/c1-2-4-3-1;3-1-2-6-7(4)5/h1-4H2;3-4H,1-2H2. The fourth-order valence-corrected chi connectivity index (χ4v) is 0.649. The van der Waals surface area contributed by atoms with Gasteiger partial charge in [0.15, 0.2) is 0 Å². The highest BCUT2D eigenvalue weighted by Crippen LogP contribution is 2.15. The van der Waals surface area contributed by atoms with E-state index in [1.165, 1.54) is 25.7 Å². The average molecular weight is 178 g/mol. The molecule has 0 atom stereocenters. The van der Waals surface area contributed by atoms with Crippen molar-refractivity contribution in [1.29, 1.82) is 0 Å². The van der Waals surface area contributed by atoms with E-state index in [0.717, 1.165) is 0 Å². The van der Waals surface area contributed by atoms with Crippen LogP contribution < -0.4 is 0 Å². The molecule has 0 aromatic carbocycles. The molecule has 0 radical (unpaired) electrons. The predicted molar refractivity (Wildman–Crippen MR) is 40.2 cm³/mol. The van der Waals surface area contributed by atoms with Crippen LogP contribution in [0, 0.1) is 0 Å². The summed E-state index contributed by atoms with van der Waals surface area (Å²) in [6.07, 6.45) is 6.00. The molecule has 0 spiro atoms. The zero-order chi connectivity index (χ0) is 8.53. The fourth-order valence-electron chi connectivity index (χ4n) is 0.383. The Kier molecular flexibility index (Phi) is 7.39. The summed E-state index contributed by atoms with van der Waals surface area (Å²) in [6, 6.07) is 0.